The van der Waals surface area contributed by atoms with Crippen LogP contribution in [0.15, 0.2) is 35.8 Å². The number of amides is 1. The molecule has 1 saturated heterocycles. The van der Waals surface area contributed by atoms with Crippen molar-refractivity contribution in [2.24, 2.45) is 7.05 Å². The minimum absolute atomic E-state index is 0.0867. The van der Waals surface area contributed by atoms with Gasteiger partial charge in [-0.15, -0.1) is 11.3 Å². The first-order valence-corrected chi connectivity index (χ1v) is 8.71. The van der Waals surface area contributed by atoms with E-state index in [9.17, 15) is 4.79 Å². The number of nitrogens with zero attached hydrogens (tertiary/aromatic N) is 2. The summed E-state index contributed by atoms with van der Waals surface area (Å²) in [5, 5.41) is 5.16. The fraction of sp³-hybridized carbons (Fsp3) is 0.471. The zero-order valence-electron chi connectivity index (χ0n) is 13.2. The van der Waals surface area contributed by atoms with E-state index in [0.29, 0.717) is 12.6 Å². The molecule has 0 unspecified atom stereocenters. The molecule has 1 N–H and O–H groups in total. The topological polar surface area (TPSA) is 37.3 Å². The highest BCUT2D eigenvalue weighted by molar-refractivity contribution is 7.10. The molecular formula is C17H23N3OS. The number of aryl methyl sites for hydroxylation is 1. The van der Waals surface area contributed by atoms with Crippen LogP contribution in [0, 0.1) is 0 Å². The minimum Gasteiger partial charge on any atom is -0.353 e. The Labute approximate surface area is 135 Å². The lowest BCUT2D eigenvalue weighted by atomic mass is 10.1. The van der Waals surface area contributed by atoms with Gasteiger partial charge in [-0.1, -0.05) is 6.07 Å². The first-order valence-electron chi connectivity index (χ1n) is 7.83. The largest absolute Gasteiger partial charge is 0.353 e. The van der Waals surface area contributed by atoms with Gasteiger partial charge >= 0.3 is 0 Å². The number of carbonyl (C=O) groups is 1. The monoisotopic (exact) mass is 317 g/mol. The van der Waals surface area contributed by atoms with Crippen molar-refractivity contribution in [1.82, 2.24) is 14.8 Å². The molecule has 1 fully saturated rings. The van der Waals surface area contributed by atoms with E-state index in [1.165, 1.54) is 10.6 Å². The SMILES string of the molecule is C[C@@H](NC(=O)CN1CCC[C@H]1c1cccn1C)c1cccs1. The molecule has 0 radical (unpaired) electrons. The second-order valence-corrected chi connectivity index (χ2v) is 6.96. The second kappa shape index (κ2) is 6.67. The number of carbonyl (C=O) groups excluding carboxylic acids is 1. The summed E-state index contributed by atoms with van der Waals surface area (Å²) in [5.74, 6) is 0.113. The van der Waals surface area contributed by atoms with E-state index >= 15 is 0 Å². The van der Waals surface area contributed by atoms with Gasteiger partial charge in [0, 0.05) is 23.8 Å². The fourth-order valence-electron chi connectivity index (χ4n) is 3.25. The Hall–Kier alpha value is -1.59. The van der Waals surface area contributed by atoms with Crippen LogP contribution >= 0.6 is 11.3 Å². The molecule has 1 aliphatic rings. The molecule has 3 rings (SSSR count). The third-order valence-corrected chi connectivity index (χ3v) is 5.44. The van der Waals surface area contributed by atoms with Crippen LogP contribution in [-0.4, -0.2) is 28.5 Å². The summed E-state index contributed by atoms with van der Waals surface area (Å²) >= 11 is 1.68. The smallest absolute Gasteiger partial charge is 0.234 e. The number of hydrogen-bond donors (Lipinski definition) is 1. The highest BCUT2D eigenvalue weighted by Crippen LogP contribution is 2.31. The summed E-state index contributed by atoms with van der Waals surface area (Å²) in [6, 6.07) is 8.78. The molecule has 22 heavy (non-hydrogen) atoms. The van der Waals surface area contributed by atoms with Crippen molar-refractivity contribution >= 4 is 17.2 Å². The molecule has 0 aromatic carbocycles. The van der Waals surface area contributed by atoms with E-state index in [2.05, 4.69) is 46.2 Å². The van der Waals surface area contributed by atoms with Crippen molar-refractivity contribution in [1.29, 1.82) is 0 Å². The molecule has 2 atom stereocenters. The van der Waals surface area contributed by atoms with E-state index in [0.717, 1.165) is 19.4 Å². The molecule has 4 nitrogen and oxygen atoms in total. The van der Waals surface area contributed by atoms with Gasteiger partial charge < -0.3 is 9.88 Å². The predicted octanol–water partition coefficient (Wildman–Crippen LogP) is 3.10. The quantitative estimate of drug-likeness (QED) is 0.920. The Kier molecular flexibility index (Phi) is 4.64. The second-order valence-electron chi connectivity index (χ2n) is 5.98. The van der Waals surface area contributed by atoms with Crippen LogP contribution in [0.4, 0.5) is 0 Å². The summed E-state index contributed by atoms with van der Waals surface area (Å²) in [7, 11) is 2.07. The first-order chi connectivity index (χ1) is 10.6. The highest BCUT2D eigenvalue weighted by atomic mass is 32.1. The average Bonchev–Trinajstić information content (AvgIpc) is 3.19. The number of rotatable bonds is 5. The zero-order valence-corrected chi connectivity index (χ0v) is 14.0. The predicted molar refractivity (Wildman–Crippen MR) is 89.8 cm³/mol. The van der Waals surface area contributed by atoms with Gasteiger partial charge in [-0.2, -0.15) is 0 Å². The lowest BCUT2D eigenvalue weighted by Crippen LogP contribution is -2.38. The molecule has 0 bridgehead atoms. The van der Waals surface area contributed by atoms with Gasteiger partial charge in [0.1, 0.15) is 0 Å². The van der Waals surface area contributed by atoms with Crippen molar-refractivity contribution < 1.29 is 4.79 Å². The molecule has 0 saturated carbocycles. The number of hydrogen-bond acceptors (Lipinski definition) is 3. The van der Waals surface area contributed by atoms with Gasteiger partial charge in [0.05, 0.1) is 18.6 Å². The zero-order chi connectivity index (χ0) is 15.5. The molecule has 5 heteroatoms. The van der Waals surface area contributed by atoms with E-state index in [1.807, 2.05) is 18.4 Å². The third-order valence-electron chi connectivity index (χ3n) is 4.38. The molecule has 3 heterocycles. The fourth-order valence-corrected chi connectivity index (χ4v) is 3.99. The van der Waals surface area contributed by atoms with Crippen molar-refractivity contribution in [2.45, 2.75) is 31.8 Å². The number of nitrogens with one attached hydrogen (secondary N) is 1. The Morgan fingerprint density at radius 3 is 3.00 bits per heavy atom. The Bertz CT molecular complexity index is 620. The standard InChI is InChI=1S/C17H23N3OS/c1-13(16-8-5-11-22-16)18-17(21)12-20-10-4-7-15(20)14-6-3-9-19(14)2/h3,5-6,8-9,11,13,15H,4,7,10,12H2,1-2H3,(H,18,21)/t13-,15+/m1/s1. The Morgan fingerprint density at radius 1 is 1.45 bits per heavy atom. The molecule has 0 aliphatic carbocycles. The van der Waals surface area contributed by atoms with Gasteiger partial charge in [-0.05, 0) is 49.9 Å². The minimum atomic E-state index is 0.0867. The lowest BCUT2D eigenvalue weighted by Gasteiger charge is -2.25. The third kappa shape index (κ3) is 3.25. The summed E-state index contributed by atoms with van der Waals surface area (Å²) in [4.78, 5) is 15.8. The molecule has 0 spiro atoms. The van der Waals surface area contributed by atoms with Crippen molar-refractivity contribution in [3.63, 3.8) is 0 Å². The van der Waals surface area contributed by atoms with Crippen LogP contribution in [-0.2, 0) is 11.8 Å². The van der Waals surface area contributed by atoms with Gasteiger partial charge in [0.25, 0.3) is 0 Å². The summed E-state index contributed by atoms with van der Waals surface area (Å²) in [6.07, 6.45) is 4.36. The summed E-state index contributed by atoms with van der Waals surface area (Å²) in [6.45, 7) is 3.52. The maximum absolute atomic E-state index is 12.3. The van der Waals surface area contributed by atoms with Crippen LogP contribution in [0.2, 0.25) is 0 Å². The molecule has 2 aromatic rings. The number of aromatic nitrogens is 1. The van der Waals surface area contributed by atoms with E-state index in [4.69, 9.17) is 0 Å². The van der Waals surface area contributed by atoms with Crippen LogP contribution in [0.1, 0.15) is 42.4 Å². The lowest BCUT2D eigenvalue weighted by molar-refractivity contribution is -0.123. The van der Waals surface area contributed by atoms with E-state index < -0.39 is 0 Å². The highest BCUT2D eigenvalue weighted by Gasteiger charge is 2.29. The first kappa shape index (κ1) is 15.3. The maximum Gasteiger partial charge on any atom is 0.234 e. The Morgan fingerprint density at radius 2 is 2.32 bits per heavy atom. The van der Waals surface area contributed by atoms with Crippen LogP contribution < -0.4 is 5.32 Å². The van der Waals surface area contributed by atoms with Gasteiger partial charge in [-0.3, -0.25) is 9.69 Å². The van der Waals surface area contributed by atoms with Crippen LogP contribution in [0.5, 0.6) is 0 Å². The number of thiophene rings is 1. The molecule has 1 aliphatic heterocycles. The van der Waals surface area contributed by atoms with E-state index in [1.54, 1.807) is 11.3 Å². The molecule has 118 valence electrons. The summed E-state index contributed by atoms with van der Waals surface area (Å²) in [5.41, 5.74) is 1.30. The van der Waals surface area contributed by atoms with Crippen molar-refractivity contribution in [3.05, 3.63) is 46.4 Å². The molecule has 1 amide bonds. The van der Waals surface area contributed by atoms with Crippen molar-refractivity contribution in [3.8, 4) is 0 Å². The normalized spacial score (nSPS) is 20.2. The average molecular weight is 317 g/mol. The van der Waals surface area contributed by atoms with Gasteiger partial charge in [0.2, 0.25) is 5.91 Å². The summed E-state index contributed by atoms with van der Waals surface area (Å²) < 4.78 is 2.16. The van der Waals surface area contributed by atoms with E-state index in [-0.39, 0.29) is 11.9 Å². The Balaban J connectivity index is 1.60. The molecular weight excluding hydrogens is 294 g/mol. The van der Waals surface area contributed by atoms with Crippen molar-refractivity contribution in [2.75, 3.05) is 13.1 Å². The maximum atomic E-state index is 12.3. The molecule has 2 aromatic heterocycles. The van der Waals surface area contributed by atoms with Gasteiger partial charge in [0.15, 0.2) is 0 Å². The van der Waals surface area contributed by atoms with Crippen LogP contribution in [0.3, 0.4) is 0 Å². The van der Waals surface area contributed by atoms with Gasteiger partial charge in [-0.25, -0.2) is 0 Å². The van der Waals surface area contributed by atoms with Crippen LogP contribution in [0.25, 0.3) is 0 Å². The number of likely N-dealkylation sites (tertiary alicyclic amines) is 1.